The van der Waals surface area contributed by atoms with Gasteiger partial charge in [-0.25, -0.2) is 4.79 Å². The molecule has 1 unspecified atom stereocenters. The second kappa shape index (κ2) is 16.7. The van der Waals surface area contributed by atoms with Gasteiger partial charge in [0.25, 0.3) is 0 Å². The molecule has 0 bridgehead atoms. The number of rotatable bonds is 13. The van der Waals surface area contributed by atoms with Gasteiger partial charge in [-0.3, -0.25) is 0 Å². The van der Waals surface area contributed by atoms with Gasteiger partial charge in [-0.1, -0.05) is 81.1 Å². The molecule has 0 aromatic heterocycles. The monoisotopic (exact) mass is 466 g/mol. The molecule has 1 atom stereocenters. The van der Waals surface area contributed by atoms with Crippen molar-refractivity contribution >= 4 is 62.6 Å². The van der Waals surface area contributed by atoms with E-state index in [0.717, 1.165) is 54.1 Å². The molecule has 0 aliphatic rings. The van der Waals surface area contributed by atoms with Crippen molar-refractivity contribution in [3.63, 3.8) is 0 Å². The zero-order valence-corrected chi connectivity index (χ0v) is 21.6. The Morgan fingerprint density at radius 3 is 1.71 bits per heavy atom. The molecule has 164 valence electrons. The van der Waals surface area contributed by atoms with E-state index in [0.29, 0.717) is 12.5 Å². The number of carbonyl (C=O) groups is 1. The Labute approximate surface area is 191 Å². The van der Waals surface area contributed by atoms with Crippen LogP contribution in [0.5, 0.6) is 0 Å². The third kappa shape index (κ3) is 10.6. The Morgan fingerprint density at radius 2 is 1.36 bits per heavy atom. The molecule has 0 spiro atoms. The highest BCUT2D eigenvalue weighted by Gasteiger charge is 2.28. The van der Waals surface area contributed by atoms with E-state index in [1.165, 1.54) is 29.9 Å². The van der Waals surface area contributed by atoms with Crippen molar-refractivity contribution < 1.29 is 9.53 Å². The van der Waals surface area contributed by atoms with Crippen molar-refractivity contribution in [2.24, 2.45) is 5.92 Å². The van der Waals surface area contributed by atoms with Crippen molar-refractivity contribution in [2.45, 2.75) is 71.8 Å². The molecular formula is C20H38N2O2S4. The predicted octanol–water partition coefficient (Wildman–Crippen LogP) is 5.79. The molecule has 0 radical (unpaired) electrons. The largest absolute Gasteiger partial charge is 0.464 e. The molecule has 0 amide bonds. The standard InChI is InChI=1S/C20H38N2O2S4/c1-7-13-14-16(8-2)15-24-17(23)18(27-19(25)21(9-3)10-4)28-20(26)22(11-5)12-6/h16,18H,7-15H2,1-6H3. The Balaban J connectivity index is 5.10. The van der Waals surface area contributed by atoms with Crippen LogP contribution in [-0.4, -0.2) is 61.8 Å². The van der Waals surface area contributed by atoms with Crippen LogP contribution < -0.4 is 0 Å². The first-order valence-corrected chi connectivity index (χ1v) is 13.0. The molecule has 0 heterocycles. The summed E-state index contributed by atoms with van der Waals surface area (Å²) < 4.78 is 6.69. The highest BCUT2D eigenvalue weighted by molar-refractivity contribution is 8.36. The van der Waals surface area contributed by atoms with Crippen LogP contribution in [0.3, 0.4) is 0 Å². The summed E-state index contributed by atoms with van der Waals surface area (Å²) in [5.74, 6) is 0.193. The second-order valence-corrected chi connectivity index (χ2v) is 10.3. The lowest BCUT2D eigenvalue weighted by Crippen LogP contribution is -2.33. The van der Waals surface area contributed by atoms with Crippen LogP contribution in [0.25, 0.3) is 0 Å². The smallest absolute Gasteiger partial charge is 0.330 e. The fraction of sp³-hybridized carbons (Fsp3) is 0.850. The van der Waals surface area contributed by atoms with E-state index in [1.807, 2.05) is 0 Å². The normalized spacial score (nSPS) is 12.0. The Bertz CT molecular complexity index is 443. The minimum absolute atomic E-state index is 0.228. The van der Waals surface area contributed by atoms with Crippen molar-refractivity contribution in [3.05, 3.63) is 0 Å². The quantitative estimate of drug-likeness (QED) is 0.191. The van der Waals surface area contributed by atoms with Gasteiger partial charge in [-0.2, -0.15) is 0 Å². The van der Waals surface area contributed by atoms with Crippen LogP contribution in [0.15, 0.2) is 0 Å². The number of thiocarbonyl (C=S) groups is 2. The van der Waals surface area contributed by atoms with E-state index in [4.69, 9.17) is 29.2 Å². The van der Waals surface area contributed by atoms with Crippen molar-refractivity contribution in [1.82, 2.24) is 9.80 Å². The van der Waals surface area contributed by atoms with Crippen LogP contribution in [-0.2, 0) is 9.53 Å². The lowest BCUT2D eigenvalue weighted by atomic mass is 10.0. The van der Waals surface area contributed by atoms with Crippen LogP contribution in [0.4, 0.5) is 0 Å². The SMILES string of the molecule is CCCCC(CC)COC(=O)C(SC(=S)N(CC)CC)SC(=S)N(CC)CC. The number of ether oxygens (including phenoxy) is 1. The number of hydrogen-bond donors (Lipinski definition) is 0. The molecule has 28 heavy (non-hydrogen) atoms. The summed E-state index contributed by atoms with van der Waals surface area (Å²) in [6.07, 6.45) is 4.45. The average molecular weight is 467 g/mol. The summed E-state index contributed by atoms with van der Waals surface area (Å²) in [4.78, 5) is 17.0. The first-order valence-electron chi connectivity index (χ1n) is 10.5. The maximum absolute atomic E-state index is 12.9. The summed E-state index contributed by atoms with van der Waals surface area (Å²) in [6.45, 7) is 16.4. The van der Waals surface area contributed by atoms with Crippen LogP contribution >= 0.6 is 48.0 Å². The third-order valence-corrected chi connectivity index (χ3v) is 8.06. The number of hydrogen-bond acceptors (Lipinski definition) is 6. The first kappa shape index (κ1) is 27.9. The summed E-state index contributed by atoms with van der Waals surface area (Å²) >= 11 is 13.9. The van der Waals surface area contributed by atoms with Gasteiger partial charge in [0.05, 0.1) is 6.61 Å². The number of unbranched alkanes of at least 4 members (excludes halogenated alkanes) is 1. The topological polar surface area (TPSA) is 32.8 Å². The molecule has 0 N–H and O–H groups in total. The minimum atomic E-state index is -0.468. The van der Waals surface area contributed by atoms with Crippen molar-refractivity contribution in [1.29, 1.82) is 0 Å². The van der Waals surface area contributed by atoms with E-state index in [1.54, 1.807) is 0 Å². The maximum atomic E-state index is 12.9. The van der Waals surface area contributed by atoms with E-state index < -0.39 is 4.58 Å². The van der Waals surface area contributed by atoms with Crippen LogP contribution in [0.1, 0.15) is 67.2 Å². The van der Waals surface area contributed by atoms with E-state index in [2.05, 4.69) is 51.3 Å². The van der Waals surface area contributed by atoms with Gasteiger partial charge in [0, 0.05) is 26.2 Å². The lowest BCUT2D eigenvalue weighted by Gasteiger charge is -2.27. The molecule has 0 saturated heterocycles. The fourth-order valence-electron chi connectivity index (χ4n) is 2.58. The summed E-state index contributed by atoms with van der Waals surface area (Å²) in [6, 6.07) is 0. The van der Waals surface area contributed by atoms with E-state index in [-0.39, 0.29) is 5.97 Å². The number of esters is 1. The number of carbonyl (C=O) groups excluding carboxylic acids is 1. The maximum Gasteiger partial charge on any atom is 0.330 e. The molecular weight excluding hydrogens is 429 g/mol. The van der Waals surface area contributed by atoms with Gasteiger partial charge in [-0.15, -0.1) is 0 Å². The molecule has 0 rings (SSSR count). The second-order valence-electron chi connectivity index (χ2n) is 6.49. The van der Waals surface area contributed by atoms with Gasteiger partial charge < -0.3 is 14.5 Å². The zero-order valence-electron chi connectivity index (χ0n) is 18.4. The summed E-state index contributed by atoms with van der Waals surface area (Å²) in [5, 5.41) is 0. The highest BCUT2D eigenvalue weighted by Crippen LogP contribution is 2.30. The van der Waals surface area contributed by atoms with Gasteiger partial charge in [0.1, 0.15) is 8.64 Å². The third-order valence-electron chi connectivity index (χ3n) is 4.66. The molecule has 0 fully saturated rings. The van der Waals surface area contributed by atoms with Crippen LogP contribution in [0, 0.1) is 5.92 Å². The molecule has 0 aliphatic heterocycles. The van der Waals surface area contributed by atoms with E-state index in [9.17, 15) is 4.79 Å². The first-order chi connectivity index (χ1) is 13.4. The van der Waals surface area contributed by atoms with Crippen molar-refractivity contribution in [3.8, 4) is 0 Å². The Morgan fingerprint density at radius 1 is 0.893 bits per heavy atom. The number of nitrogens with zero attached hydrogens (tertiary/aromatic N) is 2. The van der Waals surface area contributed by atoms with Gasteiger partial charge in [0.2, 0.25) is 0 Å². The van der Waals surface area contributed by atoms with Gasteiger partial charge in [-0.05, 0) is 40.0 Å². The number of thioether (sulfide) groups is 2. The minimum Gasteiger partial charge on any atom is -0.464 e. The predicted molar refractivity (Wildman–Crippen MR) is 134 cm³/mol. The molecule has 8 heteroatoms. The Kier molecular flexibility index (Phi) is 16.7. The van der Waals surface area contributed by atoms with Gasteiger partial charge >= 0.3 is 5.97 Å². The van der Waals surface area contributed by atoms with Gasteiger partial charge in [0.15, 0.2) is 4.58 Å². The lowest BCUT2D eigenvalue weighted by molar-refractivity contribution is -0.142. The molecule has 0 aliphatic carbocycles. The average Bonchev–Trinajstić information content (AvgIpc) is 2.69. The summed E-state index contributed by atoms with van der Waals surface area (Å²) in [7, 11) is 0. The molecule has 4 nitrogen and oxygen atoms in total. The Hall–Kier alpha value is -0.0500. The fourth-order valence-corrected chi connectivity index (χ4v) is 6.29. The summed E-state index contributed by atoms with van der Waals surface area (Å²) in [5.41, 5.74) is 0. The van der Waals surface area contributed by atoms with E-state index >= 15 is 0 Å². The van der Waals surface area contributed by atoms with Crippen molar-refractivity contribution in [2.75, 3.05) is 32.8 Å². The highest BCUT2D eigenvalue weighted by atomic mass is 32.2. The molecule has 0 aromatic rings. The molecule has 0 aromatic carbocycles. The van der Waals surface area contributed by atoms with Crippen LogP contribution in [0.2, 0.25) is 0 Å². The molecule has 0 saturated carbocycles. The zero-order chi connectivity index (χ0) is 21.5.